The van der Waals surface area contributed by atoms with Crippen LogP contribution >= 0.6 is 0 Å². The number of carbonyl (C=O) groups is 1. The second-order valence-electron chi connectivity index (χ2n) is 6.60. The molecule has 1 aromatic carbocycles. The number of phenolic OH excluding ortho intramolecular Hbond substituents is 1. The van der Waals surface area contributed by atoms with Gasteiger partial charge in [-0.05, 0) is 36.4 Å². The molecule has 0 spiro atoms. The lowest BCUT2D eigenvalue weighted by atomic mass is 10.0. The highest BCUT2D eigenvalue weighted by atomic mass is 16.5. The maximum absolute atomic E-state index is 12.6. The van der Waals surface area contributed by atoms with Gasteiger partial charge in [-0.3, -0.25) is 9.78 Å². The molecule has 0 aliphatic carbocycles. The molecule has 4 rings (SSSR count). The van der Waals surface area contributed by atoms with Crippen LogP contribution in [0.3, 0.4) is 0 Å². The summed E-state index contributed by atoms with van der Waals surface area (Å²) in [5.41, 5.74) is 3.66. The number of nitrogens with zero attached hydrogens (tertiary/aromatic N) is 7. The van der Waals surface area contributed by atoms with Crippen molar-refractivity contribution in [3.8, 4) is 22.8 Å². The molecule has 2 aromatic heterocycles. The van der Waals surface area contributed by atoms with Crippen molar-refractivity contribution in [2.45, 2.75) is 26.9 Å². The minimum Gasteiger partial charge on any atom is -0.504 e. The highest BCUT2D eigenvalue weighted by molar-refractivity contribution is 5.76. The zero-order valence-electron chi connectivity index (χ0n) is 15.5. The molecule has 0 saturated carbocycles. The number of fused-ring (bicyclic) bond motifs is 1. The first-order valence-corrected chi connectivity index (χ1v) is 8.79. The molecular formula is C18H19N7O3. The third-order valence-corrected chi connectivity index (χ3v) is 4.51. The number of aromatic hydroxyl groups is 1. The molecular weight excluding hydrogens is 362 g/mol. The van der Waals surface area contributed by atoms with E-state index in [1.807, 2.05) is 19.9 Å². The van der Waals surface area contributed by atoms with E-state index in [9.17, 15) is 9.90 Å². The fourth-order valence-electron chi connectivity index (χ4n) is 3.15. The predicted octanol–water partition coefficient (Wildman–Crippen LogP) is 0.874. The first-order valence-electron chi connectivity index (χ1n) is 8.79. The summed E-state index contributed by atoms with van der Waals surface area (Å²) in [6, 6.07) is 3.50. The van der Waals surface area contributed by atoms with Crippen LogP contribution < -0.4 is 4.74 Å². The van der Waals surface area contributed by atoms with E-state index in [1.54, 1.807) is 17.2 Å². The Morgan fingerprint density at radius 3 is 2.96 bits per heavy atom. The number of hydrogen-bond donors (Lipinski definition) is 1. The largest absolute Gasteiger partial charge is 0.504 e. The lowest BCUT2D eigenvalue weighted by Crippen LogP contribution is -2.35. The molecule has 1 aliphatic rings. The first kappa shape index (κ1) is 17.8. The molecule has 0 saturated heterocycles. The number of aryl methyl sites for hydroxylation is 2. The van der Waals surface area contributed by atoms with Crippen molar-refractivity contribution in [3.63, 3.8) is 0 Å². The molecule has 3 heterocycles. The van der Waals surface area contributed by atoms with Crippen LogP contribution in [-0.2, 0) is 17.9 Å². The molecule has 10 heteroatoms. The molecule has 1 amide bonds. The molecule has 0 fully saturated rings. The van der Waals surface area contributed by atoms with Gasteiger partial charge in [-0.15, -0.1) is 5.10 Å². The van der Waals surface area contributed by atoms with Gasteiger partial charge in [0.1, 0.15) is 19.5 Å². The molecule has 1 N–H and O–H groups in total. The third-order valence-electron chi connectivity index (χ3n) is 4.51. The number of rotatable bonds is 3. The SMILES string of the molecule is Cc1cnc(C)c(-c2cc(O)c3c(c2)CN(C(=O)Cn2cnnn2)CCO3)n1. The quantitative estimate of drug-likeness (QED) is 0.710. The Morgan fingerprint density at radius 2 is 2.18 bits per heavy atom. The van der Waals surface area contributed by atoms with Crippen molar-refractivity contribution in [1.82, 2.24) is 35.1 Å². The van der Waals surface area contributed by atoms with E-state index in [-0.39, 0.29) is 24.8 Å². The Bertz CT molecular complexity index is 1020. The van der Waals surface area contributed by atoms with Crippen LogP contribution in [0.15, 0.2) is 24.7 Å². The number of hydrogen-bond acceptors (Lipinski definition) is 8. The molecule has 0 atom stereocenters. The Morgan fingerprint density at radius 1 is 1.32 bits per heavy atom. The number of aromatic nitrogens is 6. The summed E-state index contributed by atoms with van der Waals surface area (Å²) in [6.45, 7) is 4.75. The summed E-state index contributed by atoms with van der Waals surface area (Å²) in [7, 11) is 0. The summed E-state index contributed by atoms with van der Waals surface area (Å²) in [5.74, 6) is 0.268. The Balaban J connectivity index is 1.66. The average Bonchev–Trinajstić information content (AvgIpc) is 3.07. The molecule has 1 aliphatic heterocycles. The predicted molar refractivity (Wildman–Crippen MR) is 97.3 cm³/mol. The normalized spacial score (nSPS) is 13.6. The summed E-state index contributed by atoms with van der Waals surface area (Å²) in [5, 5.41) is 21.3. The Kier molecular flexibility index (Phi) is 4.60. The standard InChI is InChI=1S/C18H19N7O3/c1-11-7-19-12(2)17(21-11)13-5-14-8-24(3-4-28-18(14)15(26)6-13)16(27)9-25-10-20-22-23-25/h5-7,10,26H,3-4,8-9H2,1-2H3. The van der Waals surface area contributed by atoms with Crippen LogP contribution in [0.1, 0.15) is 17.0 Å². The molecule has 144 valence electrons. The summed E-state index contributed by atoms with van der Waals surface area (Å²) < 4.78 is 7.08. The fraction of sp³-hybridized carbons (Fsp3) is 0.333. The van der Waals surface area contributed by atoms with Crippen molar-refractivity contribution in [2.24, 2.45) is 0 Å². The van der Waals surface area contributed by atoms with Crippen LogP contribution in [0.2, 0.25) is 0 Å². The minimum absolute atomic E-state index is 0.0185. The third kappa shape index (κ3) is 3.48. The topological polar surface area (TPSA) is 119 Å². The van der Waals surface area contributed by atoms with Crippen LogP contribution in [0, 0.1) is 13.8 Å². The molecule has 3 aromatic rings. The number of ether oxygens (including phenoxy) is 1. The van der Waals surface area contributed by atoms with Gasteiger partial charge in [0.25, 0.3) is 0 Å². The fourth-order valence-corrected chi connectivity index (χ4v) is 3.15. The molecule has 10 nitrogen and oxygen atoms in total. The van der Waals surface area contributed by atoms with Crippen molar-refractivity contribution in [3.05, 3.63) is 41.6 Å². The Labute approximate surface area is 160 Å². The lowest BCUT2D eigenvalue weighted by molar-refractivity contribution is -0.132. The van der Waals surface area contributed by atoms with E-state index in [1.165, 1.54) is 11.0 Å². The van der Waals surface area contributed by atoms with Gasteiger partial charge < -0.3 is 14.7 Å². The van der Waals surface area contributed by atoms with Gasteiger partial charge in [0, 0.05) is 23.9 Å². The van der Waals surface area contributed by atoms with Gasteiger partial charge >= 0.3 is 0 Å². The molecule has 28 heavy (non-hydrogen) atoms. The van der Waals surface area contributed by atoms with Crippen LogP contribution in [0.4, 0.5) is 0 Å². The monoisotopic (exact) mass is 381 g/mol. The zero-order chi connectivity index (χ0) is 19.7. The summed E-state index contributed by atoms with van der Waals surface area (Å²) in [4.78, 5) is 23.2. The van der Waals surface area contributed by atoms with E-state index in [4.69, 9.17) is 4.74 Å². The number of tetrazole rings is 1. The smallest absolute Gasteiger partial charge is 0.244 e. The van der Waals surface area contributed by atoms with Gasteiger partial charge in [-0.2, -0.15) is 0 Å². The zero-order valence-corrected chi connectivity index (χ0v) is 15.5. The first-order chi connectivity index (χ1) is 13.5. The van der Waals surface area contributed by atoms with Gasteiger partial charge in [0.05, 0.1) is 23.6 Å². The van der Waals surface area contributed by atoms with E-state index in [0.29, 0.717) is 30.1 Å². The summed E-state index contributed by atoms with van der Waals surface area (Å²) >= 11 is 0. The van der Waals surface area contributed by atoms with Crippen molar-refractivity contribution in [1.29, 1.82) is 0 Å². The van der Waals surface area contributed by atoms with Gasteiger partial charge in [-0.1, -0.05) is 0 Å². The number of benzene rings is 1. The Hall–Kier alpha value is -3.56. The second kappa shape index (κ2) is 7.22. The van der Waals surface area contributed by atoms with E-state index in [0.717, 1.165) is 17.0 Å². The minimum atomic E-state index is -0.139. The highest BCUT2D eigenvalue weighted by Crippen LogP contribution is 2.37. The van der Waals surface area contributed by atoms with Crippen LogP contribution in [0.25, 0.3) is 11.3 Å². The van der Waals surface area contributed by atoms with E-state index < -0.39 is 0 Å². The second-order valence-corrected chi connectivity index (χ2v) is 6.60. The van der Waals surface area contributed by atoms with Crippen LogP contribution in [0.5, 0.6) is 11.5 Å². The average molecular weight is 381 g/mol. The number of phenols is 1. The van der Waals surface area contributed by atoms with Gasteiger partial charge in [0.15, 0.2) is 11.5 Å². The summed E-state index contributed by atoms with van der Waals surface area (Å²) in [6.07, 6.45) is 3.09. The van der Waals surface area contributed by atoms with Gasteiger partial charge in [0.2, 0.25) is 5.91 Å². The molecule has 0 bridgehead atoms. The maximum Gasteiger partial charge on any atom is 0.244 e. The van der Waals surface area contributed by atoms with E-state index >= 15 is 0 Å². The molecule has 0 radical (unpaired) electrons. The number of carbonyl (C=O) groups excluding carboxylic acids is 1. The van der Waals surface area contributed by atoms with Crippen molar-refractivity contribution >= 4 is 5.91 Å². The lowest BCUT2D eigenvalue weighted by Gasteiger charge is -2.20. The van der Waals surface area contributed by atoms with Crippen molar-refractivity contribution in [2.75, 3.05) is 13.2 Å². The van der Waals surface area contributed by atoms with E-state index in [2.05, 4.69) is 25.5 Å². The number of amides is 1. The molecule has 0 unspecified atom stereocenters. The maximum atomic E-state index is 12.6. The van der Waals surface area contributed by atoms with Crippen molar-refractivity contribution < 1.29 is 14.6 Å². The highest BCUT2D eigenvalue weighted by Gasteiger charge is 2.24. The van der Waals surface area contributed by atoms with Gasteiger partial charge in [-0.25, -0.2) is 9.67 Å². The van der Waals surface area contributed by atoms with Crippen LogP contribution in [-0.4, -0.2) is 59.2 Å².